The predicted octanol–water partition coefficient (Wildman–Crippen LogP) is 1.64. The van der Waals surface area contributed by atoms with Crippen LogP contribution in [0.25, 0.3) is 0 Å². The van der Waals surface area contributed by atoms with Crippen LogP contribution in [0.5, 0.6) is 0 Å². The molecular weight excluding hydrogens is 318 g/mol. The standard InChI is InChI=1S/C16H27NO5S/c1-10(2)8-12(14(19)22-5)17-23(20,21)16-7-6-11(9-13(16)18)15(16,3)4/h10-12,17H,6-9H2,1-5H3/t11-,12-,16-/m0/s1. The van der Waals surface area contributed by atoms with E-state index in [4.69, 9.17) is 4.74 Å². The SMILES string of the molecule is COC(=O)[C@H](CC(C)C)NS(=O)(=O)[C@@]12CC[C@@H](CC1=O)C2(C)C. The average Bonchev–Trinajstić information content (AvgIpc) is 2.80. The van der Waals surface area contributed by atoms with Gasteiger partial charge in [0.25, 0.3) is 0 Å². The monoisotopic (exact) mass is 345 g/mol. The van der Waals surface area contributed by atoms with Gasteiger partial charge in [0, 0.05) is 6.42 Å². The number of carbonyl (C=O) groups excluding carboxylic acids is 2. The largest absolute Gasteiger partial charge is 0.468 e. The highest BCUT2D eigenvalue weighted by molar-refractivity contribution is 7.91. The molecule has 0 spiro atoms. The zero-order valence-electron chi connectivity index (χ0n) is 14.5. The summed E-state index contributed by atoms with van der Waals surface area (Å²) >= 11 is 0. The molecular formula is C16H27NO5S. The van der Waals surface area contributed by atoms with Crippen molar-refractivity contribution >= 4 is 21.8 Å². The van der Waals surface area contributed by atoms with Gasteiger partial charge in [-0.05, 0) is 36.5 Å². The highest BCUT2D eigenvalue weighted by Crippen LogP contribution is 2.61. The number of ether oxygens (including phenoxy) is 1. The minimum absolute atomic E-state index is 0.0910. The maximum absolute atomic E-state index is 13.1. The molecule has 2 fully saturated rings. The van der Waals surface area contributed by atoms with Gasteiger partial charge in [-0.1, -0.05) is 27.7 Å². The summed E-state index contributed by atoms with van der Waals surface area (Å²) in [6.07, 6.45) is 1.70. The lowest BCUT2D eigenvalue weighted by Crippen LogP contribution is -2.58. The van der Waals surface area contributed by atoms with Gasteiger partial charge in [-0.3, -0.25) is 9.59 Å². The number of nitrogens with one attached hydrogen (secondary N) is 1. The predicted molar refractivity (Wildman–Crippen MR) is 86.2 cm³/mol. The number of esters is 1. The molecule has 0 aliphatic heterocycles. The maximum atomic E-state index is 13.1. The Kier molecular flexibility index (Phi) is 4.67. The molecule has 2 bridgehead atoms. The second-order valence-electron chi connectivity index (χ2n) is 7.74. The van der Waals surface area contributed by atoms with Crippen LogP contribution in [0.4, 0.5) is 0 Å². The topological polar surface area (TPSA) is 89.5 Å². The third-order valence-corrected chi connectivity index (χ3v) is 8.21. The molecule has 0 aromatic heterocycles. The summed E-state index contributed by atoms with van der Waals surface area (Å²) in [4.78, 5) is 24.5. The van der Waals surface area contributed by atoms with Crippen molar-refractivity contribution in [3.63, 3.8) is 0 Å². The molecule has 2 aliphatic rings. The first-order chi connectivity index (χ1) is 10.5. The van der Waals surface area contributed by atoms with E-state index in [1.807, 2.05) is 27.7 Å². The summed E-state index contributed by atoms with van der Waals surface area (Å²) < 4.78 is 32.0. The number of fused-ring (bicyclic) bond motifs is 2. The summed E-state index contributed by atoms with van der Waals surface area (Å²) in [5.41, 5.74) is -0.617. The normalized spacial score (nSPS) is 30.7. The first-order valence-corrected chi connectivity index (χ1v) is 9.61. The van der Waals surface area contributed by atoms with E-state index in [0.717, 1.165) is 6.42 Å². The van der Waals surface area contributed by atoms with E-state index in [2.05, 4.69) is 4.72 Å². The quantitative estimate of drug-likeness (QED) is 0.739. The lowest BCUT2D eigenvalue weighted by Gasteiger charge is -2.36. The van der Waals surface area contributed by atoms with E-state index in [-0.39, 0.29) is 17.6 Å². The van der Waals surface area contributed by atoms with Gasteiger partial charge in [0.1, 0.15) is 10.8 Å². The maximum Gasteiger partial charge on any atom is 0.323 e. The number of ketones is 1. The van der Waals surface area contributed by atoms with Gasteiger partial charge in [0.15, 0.2) is 5.78 Å². The summed E-state index contributed by atoms with van der Waals surface area (Å²) in [5, 5.41) is 0. The highest BCUT2D eigenvalue weighted by Gasteiger charge is 2.71. The summed E-state index contributed by atoms with van der Waals surface area (Å²) in [6.45, 7) is 7.51. The third kappa shape index (κ3) is 2.61. The molecule has 3 atom stereocenters. The van der Waals surface area contributed by atoms with E-state index in [0.29, 0.717) is 19.3 Å². The van der Waals surface area contributed by atoms with Gasteiger partial charge in [0.05, 0.1) is 7.11 Å². The number of hydrogen-bond acceptors (Lipinski definition) is 5. The van der Waals surface area contributed by atoms with Crippen LogP contribution in [0.15, 0.2) is 0 Å². The van der Waals surface area contributed by atoms with Crippen molar-refractivity contribution in [2.45, 2.75) is 64.2 Å². The van der Waals surface area contributed by atoms with E-state index < -0.39 is 32.2 Å². The van der Waals surface area contributed by atoms with Gasteiger partial charge >= 0.3 is 5.97 Å². The Morgan fingerprint density at radius 1 is 1.39 bits per heavy atom. The summed E-state index contributed by atoms with van der Waals surface area (Å²) in [5.74, 6) is -0.632. The Labute approximate surface area is 138 Å². The Morgan fingerprint density at radius 3 is 2.39 bits per heavy atom. The van der Waals surface area contributed by atoms with Crippen LogP contribution >= 0.6 is 0 Å². The Hall–Kier alpha value is -0.950. The third-order valence-electron chi connectivity index (χ3n) is 5.74. The van der Waals surface area contributed by atoms with Crippen LogP contribution in [0.3, 0.4) is 0 Å². The first kappa shape index (κ1) is 18.4. The van der Waals surface area contributed by atoms with Crippen molar-refractivity contribution in [3.8, 4) is 0 Å². The number of hydrogen-bond donors (Lipinski definition) is 1. The molecule has 23 heavy (non-hydrogen) atoms. The van der Waals surface area contributed by atoms with Gasteiger partial charge in [-0.25, -0.2) is 13.1 Å². The van der Waals surface area contributed by atoms with E-state index >= 15 is 0 Å². The van der Waals surface area contributed by atoms with Crippen LogP contribution in [0.1, 0.15) is 53.4 Å². The smallest absolute Gasteiger partial charge is 0.323 e. The molecule has 7 heteroatoms. The van der Waals surface area contributed by atoms with Crippen LogP contribution in [0, 0.1) is 17.3 Å². The zero-order chi connectivity index (χ0) is 17.6. The fourth-order valence-corrected chi connectivity index (χ4v) is 6.76. The van der Waals surface area contributed by atoms with Crippen molar-refractivity contribution in [1.82, 2.24) is 4.72 Å². The molecule has 0 aromatic rings. The molecule has 6 nitrogen and oxygen atoms in total. The molecule has 0 radical (unpaired) electrons. The van der Waals surface area contributed by atoms with Crippen LogP contribution < -0.4 is 4.72 Å². The second kappa shape index (κ2) is 5.84. The molecule has 132 valence electrons. The van der Waals surface area contributed by atoms with Crippen LogP contribution in [0.2, 0.25) is 0 Å². The average molecular weight is 345 g/mol. The molecule has 2 rings (SSSR count). The van der Waals surface area contributed by atoms with Crippen molar-refractivity contribution in [2.75, 3.05) is 7.11 Å². The van der Waals surface area contributed by atoms with E-state index in [9.17, 15) is 18.0 Å². The van der Waals surface area contributed by atoms with Crippen LogP contribution in [-0.2, 0) is 24.3 Å². The van der Waals surface area contributed by atoms with Crippen molar-refractivity contribution in [2.24, 2.45) is 17.3 Å². The molecule has 1 N–H and O–H groups in total. The van der Waals surface area contributed by atoms with Gasteiger partial charge < -0.3 is 4.74 Å². The Balaban J connectivity index is 2.37. The molecule has 0 amide bonds. The summed E-state index contributed by atoms with van der Waals surface area (Å²) in [6, 6.07) is -0.956. The number of rotatable bonds is 6. The van der Waals surface area contributed by atoms with Crippen molar-refractivity contribution < 1.29 is 22.7 Å². The molecule has 0 unspecified atom stereocenters. The number of carbonyl (C=O) groups is 2. The number of methoxy groups -OCH3 is 1. The van der Waals surface area contributed by atoms with Gasteiger partial charge in [-0.2, -0.15) is 0 Å². The van der Waals surface area contributed by atoms with Crippen molar-refractivity contribution in [3.05, 3.63) is 0 Å². The number of sulfonamides is 1. The zero-order valence-corrected chi connectivity index (χ0v) is 15.3. The lowest BCUT2D eigenvalue weighted by molar-refractivity contribution is -0.143. The van der Waals surface area contributed by atoms with Gasteiger partial charge in [0.2, 0.25) is 10.0 Å². The second-order valence-corrected chi connectivity index (χ2v) is 9.68. The van der Waals surface area contributed by atoms with Crippen molar-refractivity contribution in [1.29, 1.82) is 0 Å². The molecule has 0 saturated heterocycles. The summed E-state index contributed by atoms with van der Waals surface area (Å²) in [7, 11) is -2.75. The molecule has 2 saturated carbocycles. The van der Waals surface area contributed by atoms with Gasteiger partial charge in [-0.15, -0.1) is 0 Å². The molecule has 0 aromatic carbocycles. The minimum atomic E-state index is -3.99. The van der Waals surface area contributed by atoms with Crippen LogP contribution in [-0.4, -0.2) is 38.1 Å². The first-order valence-electron chi connectivity index (χ1n) is 8.12. The Bertz CT molecular complexity index is 610. The Morgan fingerprint density at radius 2 is 2.00 bits per heavy atom. The van der Waals surface area contributed by atoms with E-state index in [1.165, 1.54) is 7.11 Å². The fraction of sp³-hybridized carbons (Fsp3) is 0.875. The minimum Gasteiger partial charge on any atom is -0.468 e. The fourth-order valence-electron chi connectivity index (χ4n) is 4.36. The lowest BCUT2D eigenvalue weighted by atomic mass is 9.81. The molecule has 0 heterocycles. The van der Waals surface area contributed by atoms with E-state index in [1.54, 1.807) is 0 Å². The highest BCUT2D eigenvalue weighted by atomic mass is 32.2. The molecule has 2 aliphatic carbocycles. The number of Topliss-reactive ketones (excluding diaryl/α,β-unsaturated/α-hetero) is 1.